The summed E-state index contributed by atoms with van der Waals surface area (Å²) in [5, 5.41) is 6.34. The molecule has 0 spiro atoms. The van der Waals surface area contributed by atoms with Crippen LogP contribution in [0.5, 0.6) is 0 Å². The van der Waals surface area contributed by atoms with Crippen molar-refractivity contribution in [3.8, 4) is 0 Å². The van der Waals surface area contributed by atoms with Gasteiger partial charge in [-0.3, -0.25) is 19.6 Å². The Hall–Kier alpha value is -3.28. The molecular formula is C18H16N4O2. The lowest BCUT2D eigenvalue weighted by atomic mass is 10.2. The van der Waals surface area contributed by atoms with Crippen molar-refractivity contribution in [1.29, 1.82) is 0 Å². The van der Waals surface area contributed by atoms with Crippen LogP contribution in [0.3, 0.4) is 0 Å². The first kappa shape index (κ1) is 15.6. The van der Waals surface area contributed by atoms with E-state index < -0.39 is 0 Å². The second kappa shape index (κ2) is 7.32. The second-order valence-corrected chi connectivity index (χ2v) is 5.20. The van der Waals surface area contributed by atoms with Crippen molar-refractivity contribution in [2.75, 3.05) is 5.32 Å². The van der Waals surface area contributed by atoms with Crippen molar-refractivity contribution in [2.24, 2.45) is 0 Å². The molecule has 0 aliphatic rings. The summed E-state index contributed by atoms with van der Waals surface area (Å²) >= 11 is 0. The van der Waals surface area contributed by atoms with Crippen LogP contribution in [0, 0.1) is 0 Å². The number of rotatable bonds is 5. The van der Waals surface area contributed by atoms with Crippen molar-refractivity contribution in [3.05, 3.63) is 66.6 Å². The van der Waals surface area contributed by atoms with Crippen LogP contribution in [0.1, 0.15) is 12.1 Å². The molecule has 120 valence electrons. The molecule has 6 nitrogen and oxygen atoms in total. The Balaban J connectivity index is 1.58. The molecule has 0 fully saturated rings. The van der Waals surface area contributed by atoms with Crippen LogP contribution >= 0.6 is 0 Å². The number of benzene rings is 1. The van der Waals surface area contributed by atoms with Crippen molar-refractivity contribution >= 4 is 28.4 Å². The van der Waals surface area contributed by atoms with E-state index in [1.807, 2.05) is 36.4 Å². The fourth-order valence-electron chi connectivity index (χ4n) is 2.30. The lowest BCUT2D eigenvalue weighted by Crippen LogP contribution is -2.28. The fraction of sp³-hybridized carbons (Fsp3) is 0.111. The number of aromatic nitrogens is 2. The molecule has 0 atom stereocenters. The van der Waals surface area contributed by atoms with Crippen LogP contribution < -0.4 is 10.6 Å². The van der Waals surface area contributed by atoms with Gasteiger partial charge in [-0.25, -0.2) is 0 Å². The maximum absolute atomic E-state index is 12.1. The average molecular weight is 320 g/mol. The number of hydrogen-bond donors (Lipinski definition) is 2. The number of carbonyl (C=O) groups is 2. The molecule has 24 heavy (non-hydrogen) atoms. The van der Waals surface area contributed by atoms with E-state index in [4.69, 9.17) is 0 Å². The van der Waals surface area contributed by atoms with Gasteiger partial charge < -0.3 is 10.6 Å². The summed E-state index contributed by atoms with van der Waals surface area (Å²) in [4.78, 5) is 32.3. The maximum Gasteiger partial charge on any atom is 0.233 e. The van der Waals surface area contributed by atoms with E-state index in [1.165, 1.54) is 0 Å². The maximum atomic E-state index is 12.1. The van der Waals surface area contributed by atoms with E-state index in [2.05, 4.69) is 20.6 Å². The molecule has 0 aliphatic carbocycles. The minimum Gasteiger partial charge on any atom is -0.350 e. The molecule has 0 radical (unpaired) electrons. The van der Waals surface area contributed by atoms with Gasteiger partial charge in [0.2, 0.25) is 11.8 Å². The Morgan fingerprint density at radius 3 is 2.54 bits per heavy atom. The van der Waals surface area contributed by atoms with Crippen LogP contribution in [-0.2, 0) is 16.1 Å². The smallest absolute Gasteiger partial charge is 0.233 e. The fourth-order valence-corrected chi connectivity index (χ4v) is 2.30. The van der Waals surface area contributed by atoms with Gasteiger partial charge in [0.1, 0.15) is 6.42 Å². The Morgan fingerprint density at radius 1 is 0.875 bits per heavy atom. The zero-order valence-corrected chi connectivity index (χ0v) is 12.9. The number of nitrogens with one attached hydrogen (secondary N) is 2. The van der Waals surface area contributed by atoms with E-state index in [0.29, 0.717) is 17.7 Å². The minimum absolute atomic E-state index is 0.254. The molecule has 2 heterocycles. The molecule has 0 saturated carbocycles. The van der Waals surface area contributed by atoms with Crippen LogP contribution in [0.4, 0.5) is 5.69 Å². The van der Waals surface area contributed by atoms with Gasteiger partial charge >= 0.3 is 0 Å². The molecule has 3 aromatic rings. The predicted molar refractivity (Wildman–Crippen MR) is 91.1 cm³/mol. The molecule has 0 unspecified atom stereocenters. The number of hydrogen-bond acceptors (Lipinski definition) is 4. The average Bonchev–Trinajstić information content (AvgIpc) is 2.61. The van der Waals surface area contributed by atoms with E-state index in [0.717, 1.165) is 11.1 Å². The van der Waals surface area contributed by atoms with E-state index in [9.17, 15) is 9.59 Å². The largest absolute Gasteiger partial charge is 0.350 e. The summed E-state index contributed by atoms with van der Waals surface area (Å²) in [5.74, 6) is -0.738. The lowest BCUT2D eigenvalue weighted by molar-refractivity contribution is -0.126. The highest BCUT2D eigenvalue weighted by molar-refractivity contribution is 6.06. The molecule has 3 rings (SSSR count). The topological polar surface area (TPSA) is 84.0 Å². The molecule has 2 aromatic heterocycles. The van der Waals surface area contributed by atoms with Gasteiger partial charge in [-0.05, 0) is 24.3 Å². The molecule has 6 heteroatoms. The van der Waals surface area contributed by atoms with Crippen LogP contribution in [0.15, 0.2) is 60.9 Å². The van der Waals surface area contributed by atoms with Crippen molar-refractivity contribution in [3.63, 3.8) is 0 Å². The highest BCUT2D eigenvalue weighted by atomic mass is 16.2. The third kappa shape index (κ3) is 3.92. The molecule has 0 aliphatic heterocycles. The van der Waals surface area contributed by atoms with Crippen molar-refractivity contribution in [2.45, 2.75) is 13.0 Å². The molecule has 0 bridgehead atoms. The molecular weight excluding hydrogens is 304 g/mol. The zero-order chi connectivity index (χ0) is 16.8. The molecule has 2 N–H and O–H groups in total. The van der Waals surface area contributed by atoms with Crippen molar-refractivity contribution in [1.82, 2.24) is 15.3 Å². The molecule has 2 amide bonds. The van der Waals surface area contributed by atoms with Gasteiger partial charge in [-0.15, -0.1) is 0 Å². The summed E-state index contributed by atoms with van der Waals surface area (Å²) in [6, 6.07) is 14.7. The number of carbonyl (C=O) groups excluding carboxylic acids is 2. The number of amides is 2. The lowest BCUT2D eigenvalue weighted by Gasteiger charge is -2.08. The highest BCUT2D eigenvalue weighted by Crippen LogP contribution is 2.20. The van der Waals surface area contributed by atoms with E-state index >= 15 is 0 Å². The summed E-state index contributed by atoms with van der Waals surface area (Å²) in [7, 11) is 0. The van der Waals surface area contributed by atoms with Crippen LogP contribution in [0.2, 0.25) is 0 Å². The third-order valence-corrected chi connectivity index (χ3v) is 3.42. The van der Waals surface area contributed by atoms with Crippen molar-refractivity contribution < 1.29 is 9.59 Å². The van der Waals surface area contributed by atoms with Gasteiger partial charge in [0.15, 0.2) is 0 Å². The van der Waals surface area contributed by atoms with Gasteiger partial charge in [-0.1, -0.05) is 24.3 Å². The van der Waals surface area contributed by atoms with Gasteiger partial charge in [-0.2, -0.15) is 0 Å². The first-order valence-corrected chi connectivity index (χ1v) is 7.52. The number of para-hydroxylation sites is 1. The normalized spacial score (nSPS) is 10.3. The first-order valence-electron chi connectivity index (χ1n) is 7.52. The quantitative estimate of drug-likeness (QED) is 0.706. The van der Waals surface area contributed by atoms with E-state index in [-0.39, 0.29) is 18.2 Å². The number of pyridine rings is 2. The third-order valence-electron chi connectivity index (χ3n) is 3.42. The summed E-state index contributed by atoms with van der Waals surface area (Å²) in [6.45, 7) is 0.294. The SMILES string of the molecule is O=C(CC(=O)Nc1cccc2cccnc12)NCc1ccccn1. The van der Waals surface area contributed by atoms with Gasteiger partial charge in [0.05, 0.1) is 23.4 Å². The van der Waals surface area contributed by atoms with E-state index in [1.54, 1.807) is 24.5 Å². The summed E-state index contributed by atoms with van der Waals surface area (Å²) in [5.41, 5.74) is 2.03. The monoisotopic (exact) mass is 320 g/mol. The Kier molecular flexibility index (Phi) is 4.76. The zero-order valence-electron chi connectivity index (χ0n) is 12.9. The Bertz CT molecular complexity index is 860. The van der Waals surface area contributed by atoms with Crippen LogP contribution in [0.25, 0.3) is 10.9 Å². The Morgan fingerprint density at radius 2 is 1.71 bits per heavy atom. The first-order chi connectivity index (χ1) is 11.7. The number of anilines is 1. The summed E-state index contributed by atoms with van der Waals surface area (Å²) in [6.07, 6.45) is 3.06. The molecule has 0 saturated heterocycles. The predicted octanol–water partition coefficient (Wildman–Crippen LogP) is 2.27. The number of nitrogens with zero attached hydrogens (tertiary/aromatic N) is 2. The van der Waals surface area contributed by atoms with Crippen LogP contribution in [-0.4, -0.2) is 21.8 Å². The Labute approximate surface area is 138 Å². The summed E-state index contributed by atoms with van der Waals surface area (Å²) < 4.78 is 0. The van der Waals surface area contributed by atoms with Gasteiger partial charge in [0.25, 0.3) is 0 Å². The number of fused-ring (bicyclic) bond motifs is 1. The molecule has 1 aromatic carbocycles. The standard InChI is InChI=1S/C18H16N4O2/c23-16(21-12-14-7-1-2-9-19-14)11-17(24)22-15-8-3-5-13-6-4-10-20-18(13)15/h1-10H,11-12H2,(H,21,23)(H,22,24). The van der Waals surface area contributed by atoms with Gasteiger partial charge in [0, 0.05) is 17.8 Å². The minimum atomic E-state index is -0.383. The second-order valence-electron chi connectivity index (χ2n) is 5.20. The highest BCUT2D eigenvalue weighted by Gasteiger charge is 2.11.